The number of carbonyl (C=O) groups excluding carboxylic acids is 1. The molecule has 2 aromatic heterocycles. The standard InChI is InChI=1S/C20H22N4OS/c1-14-5-6-17-18(12-14)26-20(23-17)24-10-7-15(8-11-24)19(25)22-13-16-4-2-3-9-21-16/h2-6,9,12,15H,7-8,10-11,13H2,1H3,(H,22,25). The molecule has 0 saturated carbocycles. The van der Waals surface area contributed by atoms with Crippen LogP contribution in [0.3, 0.4) is 0 Å². The molecule has 1 fully saturated rings. The highest BCUT2D eigenvalue weighted by atomic mass is 32.1. The number of hydrogen-bond acceptors (Lipinski definition) is 5. The van der Waals surface area contributed by atoms with Crippen LogP contribution in [-0.2, 0) is 11.3 Å². The lowest BCUT2D eigenvalue weighted by molar-refractivity contribution is -0.125. The maximum Gasteiger partial charge on any atom is 0.223 e. The summed E-state index contributed by atoms with van der Waals surface area (Å²) in [4.78, 5) is 23.7. The Balaban J connectivity index is 1.33. The molecule has 3 aromatic rings. The quantitative estimate of drug-likeness (QED) is 0.767. The number of pyridine rings is 1. The molecule has 4 rings (SSSR count). The van der Waals surface area contributed by atoms with E-state index in [1.807, 2.05) is 18.2 Å². The number of amides is 1. The summed E-state index contributed by atoms with van der Waals surface area (Å²) in [6.45, 7) is 4.35. The highest BCUT2D eigenvalue weighted by Crippen LogP contribution is 2.32. The molecule has 1 N–H and O–H groups in total. The summed E-state index contributed by atoms with van der Waals surface area (Å²) in [6.07, 6.45) is 3.48. The van der Waals surface area contributed by atoms with E-state index in [0.717, 1.165) is 42.3 Å². The van der Waals surface area contributed by atoms with E-state index in [2.05, 4.69) is 40.3 Å². The molecule has 1 aromatic carbocycles. The van der Waals surface area contributed by atoms with Gasteiger partial charge in [0, 0.05) is 25.2 Å². The Labute approximate surface area is 157 Å². The van der Waals surface area contributed by atoms with Crippen LogP contribution in [0.2, 0.25) is 0 Å². The first kappa shape index (κ1) is 17.0. The van der Waals surface area contributed by atoms with Gasteiger partial charge < -0.3 is 10.2 Å². The van der Waals surface area contributed by atoms with Crippen molar-refractivity contribution in [2.24, 2.45) is 5.92 Å². The van der Waals surface area contributed by atoms with Gasteiger partial charge in [-0.1, -0.05) is 23.5 Å². The van der Waals surface area contributed by atoms with Gasteiger partial charge in [0.2, 0.25) is 5.91 Å². The minimum absolute atomic E-state index is 0.0755. The number of benzene rings is 1. The maximum atomic E-state index is 12.4. The van der Waals surface area contributed by atoms with Crippen LogP contribution in [0.4, 0.5) is 5.13 Å². The van der Waals surface area contributed by atoms with Gasteiger partial charge >= 0.3 is 0 Å². The van der Waals surface area contributed by atoms with Crippen molar-refractivity contribution >= 4 is 32.6 Å². The van der Waals surface area contributed by atoms with Gasteiger partial charge in [0.15, 0.2) is 5.13 Å². The molecule has 134 valence electrons. The van der Waals surface area contributed by atoms with E-state index >= 15 is 0 Å². The van der Waals surface area contributed by atoms with E-state index in [-0.39, 0.29) is 11.8 Å². The number of fused-ring (bicyclic) bond motifs is 1. The Morgan fingerprint density at radius 2 is 2.12 bits per heavy atom. The Kier molecular flexibility index (Phi) is 4.84. The fourth-order valence-electron chi connectivity index (χ4n) is 3.31. The normalized spacial score (nSPS) is 15.3. The molecule has 3 heterocycles. The zero-order valence-corrected chi connectivity index (χ0v) is 15.6. The van der Waals surface area contributed by atoms with Crippen LogP contribution < -0.4 is 10.2 Å². The molecular weight excluding hydrogens is 344 g/mol. The zero-order valence-electron chi connectivity index (χ0n) is 14.8. The molecule has 0 spiro atoms. The molecule has 26 heavy (non-hydrogen) atoms. The molecule has 1 aliphatic rings. The molecule has 0 aliphatic carbocycles. The number of nitrogens with zero attached hydrogens (tertiary/aromatic N) is 3. The van der Waals surface area contributed by atoms with E-state index in [1.54, 1.807) is 17.5 Å². The fraction of sp³-hybridized carbons (Fsp3) is 0.350. The number of anilines is 1. The van der Waals surface area contributed by atoms with Crippen LogP contribution >= 0.6 is 11.3 Å². The van der Waals surface area contributed by atoms with Crippen LogP contribution in [0.5, 0.6) is 0 Å². The van der Waals surface area contributed by atoms with Gasteiger partial charge in [-0.25, -0.2) is 4.98 Å². The van der Waals surface area contributed by atoms with Gasteiger partial charge in [0.05, 0.1) is 22.5 Å². The van der Waals surface area contributed by atoms with Gasteiger partial charge in [-0.05, 0) is 49.6 Å². The smallest absolute Gasteiger partial charge is 0.223 e. The highest BCUT2D eigenvalue weighted by molar-refractivity contribution is 7.22. The zero-order chi connectivity index (χ0) is 17.9. The largest absolute Gasteiger partial charge is 0.350 e. The van der Waals surface area contributed by atoms with Crippen molar-refractivity contribution in [2.75, 3.05) is 18.0 Å². The minimum Gasteiger partial charge on any atom is -0.350 e. The van der Waals surface area contributed by atoms with Crippen molar-refractivity contribution in [1.82, 2.24) is 15.3 Å². The Morgan fingerprint density at radius 3 is 2.88 bits per heavy atom. The van der Waals surface area contributed by atoms with Crippen LogP contribution in [0, 0.1) is 12.8 Å². The molecule has 0 atom stereocenters. The van der Waals surface area contributed by atoms with Crippen molar-refractivity contribution < 1.29 is 4.79 Å². The third-order valence-electron chi connectivity index (χ3n) is 4.84. The molecule has 1 amide bonds. The number of hydrogen-bond donors (Lipinski definition) is 1. The Morgan fingerprint density at radius 1 is 1.27 bits per heavy atom. The molecular formula is C20H22N4OS. The number of nitrogens with one attached hydrogen (secondary N) is 1. The van der Waals surface area contributed by atoms with Crippen molar-refractivity contribution in [3.8, 4) is 0 Å². The lowest BCUT2D eigenvalue weighted by atomic mass is 9.96. The second kappa shape index (κ2) is 7.41. The fourth-order valence-corrected chi connectivity index (χ4v) is 4.43. The number of aryl methyl sites for hydroxylation is 1. The van der Waals surface area contributed by atoms with Crippen molar-refractivity contribution in [3.63, 3.8) is 0 Å². The van der Waals surface area contributed by atoms with Gasteiger partial charge in [0.1, 0.15) is 0 Å². The van der Waals surface area contributed by atoms with Crippen LogP contribution in [-0.4, -0.2) is 29.0 Å². The number of aromatic nitrogens is 2. The average molecular weight is 366 g/mol. The Bertz CT molecular complexity index is 901. The Hall–Kier alpha value is -2.47. The number of rotatable bonds is 4. The number of thiazole rings is 1. The van der Waals surface area contributed by atoms with E-state index in [1.165, 1.54) is 10.3 Å². The van der Waals surface area contributed by atoms with Gasteiger partial charge in [0.25, 0.3) is 0 Å². The predicted molar refractivity (Wildman–Crippen MR) is 105 cm³/mol. The van der Waals surface area contributed by atoms with Gasteiger partial charge in [-0.3, -0.25) is 9.78 Å². The summed E-state index contributed by atoms with van der Waals surface area (Å²) in [5.41, 5.74) is 3.21. The first-order chi connectivity index (χ1) is 12.7. The van der Waals surface area contributed by atoms with E-state index in [4.69, 9.17) is 4.98 Å². The molecule has 0 radical (unpaired) electrons. The molecule has 1 saturated heterocycles. The minimum atomic E-state index is 0.0755. The molecule has 0 unspecified atom stereocenters. The second-order valence-corrected chi connectivity index (χ2v) is 7.78. The molecule has 6 heteroatoms. The third kappa shape index (κ3) is 3.70. The van der Waals surface area contributed by atoms with Crippen molar-refractivity contribution in [3.05, 3.63) is 53.9 Å². The number of carbonyl (C=O) groups is 1. The predicted octanol–water partition coefficient (Wildman–Crippen LogP) is 3.53. The van der Waals surface area contributed by atoms with Crippen LogP contribution in [0.25, 0.3) is 10.2 Å². The van der Waals surface area contributed by atoms with Crippen LogP contribution in [0.1, 0.15) is 24.1 Å². The van der Waals surface area contributed by atoms with E-state index in [0.29, 0.717) is 6.54 Å². The van der Waals surface area contributed by atoms with E-state index in [9.17, 15) is 4.79 Å². The summed E-state index contributed by atoms with van der Waals surface area (Å²) < 4.78 is 1.23. The summed E-state index contributed by atoms with van der Waals surface area (Å²) >= 11 is 1.74. The van der Waals surface area contributed by atoms with Crippen LogP contribution in [0.15, 0.2) is 42.6 Å². The first-order valence-corrected chi connectivity index (χ1v) is 9.80. The second-order valence-electron chi connectivity index (χ2n) is 6.77. The summed E-state index contributed by atoms with van der Waals surface area (Å²) in [6, 6.07) is 12.1. The topological polar surface area (TPSA) is 58.1 Å². The molecule has 0 bridgehead atoms. The third-order valence-corrected chi connectivity index (χ3v) is 5.92. The number of piperidine rings is 1. The lowest BCUT2D eigenvalue weighted by Crippen LogP contribution is -2.40. The molecule has 1 aliphatic heterocycles. The van der Waals surface area contributed by atoms with Gasteiger partial charge in [-0.15, -0.1) is 0 Å². The highest BCUT2D eigenvalue weighted by Gasteiger charge is 2.26. The van der Waals surface area contributed by atoms with E-state index < -0.39 is 0 Å². The SMILES string of the molecule is Cc1ccc2nc(N3CCC(C(=O)NCc4ccccn4)CC3)sc2c1. The van der Waals surface area contributed by atoms with Gasteiger partial charge in [-0.2, -0.15) is 0 Å². The summed E-state index contributed by atoms with van der Waals surface area (Å²) in [5.74, 6) is 0.210. The summed E-state index contributed by atoms with van der Waals surface area (Å²) in [7, 11) is 0. The average Bonchev–Trinajstić information content (AvgIpc) is 3.10. The molecule has 5 nitrogen and oxygen atoms in total. The van der Waals surface area contributed by atoms with Crippen molar-refractivity contribution in [1.29, 1.82) is 0 Å². The maximum absolute atomic E-state index is 12.4. The monoisotopic (exact) mass is 366 g/mol. The summed E-state index contributed by atoms with van der Waals surface area (Å²) in [5, 5.41) is 4.09. The van der Waals surface area contributed by atoms with Crippen molar-refractivity contribution in [2.45, 2.75) is 26.3 Å². The first-order valence-electron chi connectivity index (χ1n) is 8.99. The lowest BCUT2D eigenvalue weighted by Gasteiger charge is -2.31.